The summed E-state index contributed by atoms with van der Waals surface area (Å²) in [5, 5.41) is -0.0186. The zero-order valence-electron chi connectivity index (χ0n) is 12.6. The Morgan fingerprint density at radius 2 is 2.23 bits per heavy atom. The molecule has 116 valence electrons. The fourth-order valence-electron chi connectivity index (χ4n) is 1.79. The number of carbonyl (C=O) groups is 1. The van der Waals surface area contributed by atoms with Gasteiger partial charge in [-0.05, 0) is 30.3 Å². The molecule has 0 bridgehead atoms. The molecule has 3 nitrogen and oxygen atoms in total. The fraction of sp³-hybridized carbons (Fsp3) is 0.294. The second kappa shape index (κ2) is 8.86. The Balaban J connectivity index is 2.16. The minimum absolute atomic E-state index is 0.0186. The Labute approximate surface area is 139 Å². The van der Waals surface area contributed by atoms with E-state index in [-0.39, 0.29) is 5.12 Å². The lowest BCUT2D eigenvalue weighted by Crippen LogP contribution is -1.98. The number of rotatable bonds is 7. The molecule has 0 N–H and O–H groups in total. The summed E-state index contributed by atoms with van der Waals surface area (Å²) in [6.07, 6.45) is 5.71. The zero-order chi connectivity index (χ0) is 15.8. The minimum Gasteiger partial charge on any atom is -0.493 e. The van der Waals surface area contributed by atoms with E-state index >= 15 is 0 Å². The lowest BCUT2D eigenvalue weighted by molar-refractivity contribution is -0.107. The summed E-state index contributed by atoms with van der Waals surface area (Å²) in [7, 11) is 0. The first kappa shape index (κ1) is 16.9. The van der Waals surface area contributed by atoms with Crippen LogP contribution in [0.2, 0.25) is 0 Å². The molecule has 0 fully saturated rings. The van der Waals surface area contributed by atoms with E-state index in [1.54, 1.807) is 12.2 Å². The van der Waals surface area contributed by atoms with Gasteiger partial charge in [-0.15, -0.1) is 6.58 Å². The minimum atomic E-state index is -0.0186. The summed E-state index contributed by atoms with van der Waals surface area (Å²) < 4.78 is 6.56. The van der Waals surface area contributed by atoms with E-state index in [1.165, 1.54) is 23.5 Å². The van der Waals surface area contributed by atoms with Crippen molar-refractivity contribution in [2.75, 3.05) is 12.4 Å². The molecule has 0 saturated heterocycles. The van der Waals surface area contributed by atoms with Gasteiger partial charge in [0.25, 0.3) is 0 Å². The van der Waals surface area contributed by atoms with E-state index in [1.807, 2.05) is 24.3 Å². The number of benzene rings is 1. The van der Waals surface area contributed by atoms with E-state index in [0.717, 1.165) is 34.3 Å². The maximum Gasteiger partial charge on any atom is 0.244 e. The van der Waals surface area contributed by atoms with Gasteiger partial charge in [0.2, 0.25) is 5.12 Å². The van der Waals surface area contributed by atoms with Crippen LogP contribution in [0.25, 0.3) is 6.08 Å². The first-order valence-electron chi connectivity index (χ1n) is 7.22. The average Bonchev–Trinajstić information content (AvgIpc) is 2.87. The third-order valence-electron chi connectivity index (χ3n) is 2.89. The molecule has 22 heavy (non-hydrogen) atoms. The Kier molecular flexibility index (Phi) is 6.80. The summed E-state index contributed by atoms with van der Waals surface area (Å²) in [5.41, 5.74) is 1.37. The van der Waals surface area contributed by atoms with Crippen LogP contribution in [0.4, 0.5) is 0 Å². The van der Waals surface area contributed by atoms with E-state index in [4.69, 9.17) is 4.74 Å². The van der Waals surface area contributed by atoms with Crippen LogP contribution < -0.4 is 4.74 Å². The molecule has 2 rings (SSSR count). The number of hydrogen-bond donors (Lipinski definition) is 0. The highest BCUT2D eigenvalue weighted by Crippen LogP contribution is 2.32. The third kappa shape index (κ3) is 4.78. The van der Waals surface area contributed by atoms with Gasteiger partial charge in [0.1, 0.15) is 15.8 Å². The lowest BCUT2D eigenvalue weighted by atomic mass is 10.1. The molecule has 0 unspecified atom stereocenters. The molecule has 1 heterocycles. The molecule has 0 aromatic heterocycles. The monoisotopic (exact) mass is 333 g/mol. The highest BCUT2D eigenvalue weighted by atomic mass is 32.2. The number of carbonyl (C=O) groups excluding carboxylic acids is 1. The Morgan fingerprint density at radius 3 is 3.00 bits per heavy atom. The Bertz CT molecular complexity index is 608. The van der Waals surface area contributed by atoms with Crippen LogP contribution in [-0.4, -0.2) is 21.9 Å². The second-order valence-electron chi connectivity index (χ2n) is 4.64. The quantitative estimate of drug-likeness (QED) is 0.410. The van der Waals surface area contributed by atoms with Crippen molar-refractivity contribution in [1.29, 1.82) is 0 Å². The van der Waals surface area contributed by atoms with Gasteiger partial charge < -0.3 is 4.74 Å². The maximum absolute atomic E-state index is 12.0. The van der Waals surface area contributed by atoms with Gasteiger partial charge in [-0.3, -0.25) is 4.79 Å². The highest BCUT2D eigenvalue weighted by Gasteiger charge is 2.22. The maximum atomic E-state index is 12.0. The van der Waals surface area contributed by atoms with Crippen LogP contribution in [0.5, 0.6) is 5.75 Å². The molecule has 5 heteroatoms. The molecule has 0 amide bonds. The van der Waals surface area contributed by atoms with Crippen molar-refractivity contribution < 1.29 is 9.53 Å². The fourth-order valence-corrected chi connectivity index (χ4v) is 3.39. The van der Waals surface area contributed by atoms with Crippen molar-refractivity contribution in [2.45, 2.75) is 19.8 Å². The van der Waals surface area contributed by atoms with Crippen LogP contribution >= 0.6 is 23.5 Å². The first-order valence-corrected chi connectivity index (χ1v) is 9.03. The van der Waals surface area contributed by atoms with E-state index in [2.05, 4.69) is 18.5 Å². The lowest BCUT2D eigenvalue weighted by Gasteiger charge is -2.08. The van der Waals surface area contributed by atoms with Crippen molar-refractivity contribution in [2.24, 2.45) is 4.99 Å². The molecular weight excluding hydrogens is 314 g/mol. The molecule has 1 aliphatic heterocycles. The van der Waals surface area contributed by atoms with Crippen LogP contribution in [-0.2, 0) is 4.79 Å². The van der Waals surface area contributed by atoms with Gasteiger partial charge in [-0.25, -0.2) is 4.99 Å². The molecule has 0 aliphatic carbocycles. The summed E-state index contributed by atoms with van der Waals surface area (Å²) in [6.45, 7) is 6.48. The van der Waals surface area contributed by atoms with Crippen molar-refractivity contribution in [1.82, 2.24) is 0 Å². The number of nitrogens with zero attached hydrogens (tertiary/aromatic N) is 1. The molecule has 0 spiro atoms. The summed E-state index contributed by atoms with van der Waals surface area (Å²) in [6, 6.07) is 7.73. The first-order chi connectivity index (χ1) is 10.7. The summed E-state index contributed by atoms with van der Waals surface area (Å²) in [5.74, 6) is 1.55. The summed E-state index contributed by atoms with van der Waals surface area (Å²) in [4.78, 5) is 16.4. The largest absolute Gasteiger partial charge is 0.493 e. The van der Waals surface area contributed by atoms with Crippen molar-refractivity contribution in [3.8, 4) is 5.75 Å². The predicted molar refractivity (Wildman–Crippen MR) is 97.5 cm³/mol. The molecule has 1 aromatic carbocycles. The molecular formula is C17H19NO2S2. The van der Waals surface area contributed by atoms with Gasteiger partial charge in [0.05, 0.1) is 6.61 Å². The normalized spacial score (nSPS) is 16.0. The second-order valence-corrected chi connectivity index (χ2v) is 6.87. The van der Waals surface area contributed by atoms with Crippen LogP contribution in [0.15, 0.2) is 47.6 Å². The predicted octanol–water partition coefficient (Wildman–Crippen LogP) is 4.76. The van der Waals surface area contributed by atoms with E-state index < -0.39 is 0 Å². The van der Waals surface area contributed by atoms with Gasteiger partial charge in [0, 0.05) is 11.3 Å². The van der Waals surface area contributed by atoms with E-state index in [9.17, 15) is 4.79 Å². The molecule has 1 aromatic rings. The van der Waals surface area contributed by atoms with Crippen molar-refractivity contribution in [3.05, 3.63) is 48.2 Å². The number of ether oxygens (including phenoxy) is 1. The topological polar surface area (TPSA) is 38.7 Å². The van der Waals surface area contributed by atoms with Gasteiger partial charge in [-0.2, -0.15) is 0 Å². The molecule has 0 atom stereocenters. The Hall–Kier alpha value is -1.46. The standard InChI is InChI=1S/C17H19NO2S2/c1-3-5-10-20-15-9-7-6-8-13(15)12-14-16(19)22-17(18-14)21-11-4-2/h4,6-9,12H,2-3,5,10-11H2,1H3/b14-12+. The number of aliphatic imine (C=N–C) groups is 1. The van der Waals surface area contributed by atoms with Crippen molar-refractivity contribution in [3.63, 3.8) is 0 Å². The zero-order valence-corrected chi connectivity index (χ0v) is 14.2. The number of thioether (sulfide) groups is 2. The van der Waals surface area contributed by atoms with Crippen LogP contribution in [0.1, 0.15) is 25.3 Å². The van der Waals surface area contributed by atoms with E-state index in [0.29, 0.717) is 12.3 Å². The van der Waals surface area contributed by atoms with Gasteiger partial charge >= 0.3 is 0 Å². The number of para-hydroxylation sites is 1. The average molecular weight is 333 g/mol. The van der Waals surface area contributed by atoms with Gasteiger partial charge in [-0.1, -0.05) is 49.4 Å². The molecule has 1 aliphatic rings. The van der Waals surface area contributed by atoms with Crippen molar-refractivity contribution >= 4 is 39.1 Å². The van der Waals surface area contributed by atoms with Crippen LogP contribution in [0.3, 0.4) is 0 Å². The molecule has 0 saturated carbocycles. The number of hydrogen-bond acceptors (Lipinski definition) is 5. The smallest absolute Gasteiger partial charge is 0.244 e. The molecule has 0 radical (unpaired) electrons. The SMILES string of the molecule is C=CCSC1=N/C(=C/c2ccccc2OCCCC)C(=O)S1. The van der Waals surface area contributed by atoms with Gasteiger partial charge in [0.15, 0.2) is 0 Å². The third-order valence-corrected chi connectivity index (χ3v) is 4.90. The highest BCUT2D eigenvalue weighted by molar-refractivity contribution is 8.45. The summed E-state index contributed by atoms with van der Waals surface area (Å²) >= 11 is 2.70. The van der Waals surface area contributed by atoms with Crippen LogP contribution in [0, 0.1) is 0 Å². The Morgan fingerprint density at radius 1 is 1.41 bits per heavy atom. The number of unbranched alkanes of at least 4 members (excludes halogenated alkanes) is 1.